The summed E-state index contributed by atoms with van der Waals surface area (Å²) in [5.74, 6) is -1.11. The smallest absolute Gasteiger partial charge is 0.331 e. The minimum atomic E-state index is -3.07. The second kappa shape index (κ2) is 8.53. The fourth-order valence-electron chi connectivity index (χ4n) is 2.37. The molecule has 1 fully saturated rings. The van der Waals surface area contributed by atoms with Crippen molar-refractivity contribution >= 4 is 39.6 Å². The number of sulfone groups is 1. The number of amides is 1. The largest absolute Gasteiger partial charge is 0.449 e. The second-order valence-corrected chi connectivity index (χ2v) is 8.90. The zero-order chi connectivity index (χ0) is 18.4. The SMILES string of the molecule is CSc1ccc(/C=C/C(=O)O[C@@H](C)C(=O)N[C@@H]2CCS(=O)(=O)C2)cc1. The van der Waals surface area contributed by atoms with Crippen molar-refractivity contribution in [2.24, 2.45) is 0 Å². The zero-order valence-electron chi connectivity index (χ0n) is 14.1. The maximum absolute atomic E-state index is 12.0. The first-order chi connectivity index (χ1) is 11.8. The summed E-state index contributed by atoms with van der Waals surface area (Å²) >= 11 is 1.63. The maximum Gasteiger partial charge on any atom is 0.331 e. The molecule has 0 saturated carbocycles. The van der Waals surface area contributed by atoms with Crippen LogP contribution in [0.1, 0.15) is 18.9 Å². The van der Waals surface area contributed by atoms with Crippen molar-refractivity contribution in [1.29, 1.82) is 0 Å². The normalized spacial score (nSPS) is 20.3. The molecule has 0 aliphatic carbocycles. The molecule has 1 aliphatic heterocycles. The van der Waals surface area contributed by atoms with E-state index in [2.05, 4.69) is 5.32 Å². The average molecular weight is 383 g/mol. The number of ether oxygens (including phenoxy) is 1. The molecule has 1 aromatic rings. The van der Waals surface area contributed by atoms with Crippen LogP contribution >= 0.6 is 11.8 Å². The first-order valence-corrected chi connectivity index (χ1v) is 10.9. The molecular formula is C17H21NO5S2. The van der Waals surface area contributed by atoms with E-state index in [1.54, 1.807) is 17.8 Å². The number of esters is 1. The van der Waals surface area contributed by atoms with Crippen molar-refractivity contribution < 1.29 is 22.7 Å². The van der Waals surface area contributed by atoms with E-state index in [1.807, 2.05) is 30.5 Å². The maximum atomic E-state index is 12.0. The zero-order valence-corrected chi connectivity index (χ0v) is 15.7. The Hall–Kier alpha value is -1.80. The van der Waals surface area contributed by atoms with Gasteiger partial charge in [-0.05, 0) is 43.4 Å². The number of rotatable bonds is 6. The van der Waals surface area contributed by atoms with Crippen LogP contribution in [0.4, 0.5) is 0 Å². The van der Waals surface area contributed by atoms with E-state index in [0.717, 1.165) is 10.5 Å². The molecule has 0 aromatic heterocycles. The molecule has 8 heteroatoms. The number of carbonyl (C=O) groups excluding carboxylic acids is 2. The summed E-state index contributed by atoms with van der Waals surface area (Å²) in [7, 11) is -3.07. The van der Waals surface area contributed by atoms with Crippen LogP contribution in [0.15, 0.2) is 35.2 Å². The lowest BCUT2D eigenvalue weighted by Gasteiger charge is -2.15. The van der Waals surface area contributed by atoms with Crippen molar-refractivity contribution in [2.45, 2.75) is 30.4 Å². The Labute approximate surface area is 151 Å². The molecule has 1 saturated heterocycles. The van der Waals surface area contributed by atoms with E-state index >= 15 is 0 Å². The van der Waals surface area contributed by atoms with Crippen LogP contribution in [0, 0.1) is 0 Å². The summed E-state index contributed by atoms with van der Waals surface area (Å²) in [6.07, 6.45) is 4.26. The molecule has 0 bridgehead atoms. The minimum absolute atomic E-state index is 0.0641. The van der Waals surface area contributed by atoms with Gasteiger partial charge in [0.15, 0.2) is 15.9 Å². The molecule has 1 heterocycles. The molecule has 1 N–H and O–H groups in total. The van der Waals surface area contributed by atoms with Gasteiger partial charge >= 0.3 is 5.97 Å². The lowest BCUT2D eigenvalue weighted by atomic mass is 10.2. The third kappa shape index (κ3) is 6.21. The van der Waals surface area contributed by atoms with E-state index in [4.69, 9.17) is 4.74 Å². The van der Waals surface area contributed by atoms with Crippen molar-refractivity contribution in [1.82, 2.24) is 5.32 Å². The van der Waals surface area contributed by atoms with Gasteiger partial charge in [0.25, 0.3) is 5.91 Å². The molecule has 6 nitrogen and oxygen atoms in total. The molecule has 1 aliphatic rings. The van der Waals surface area contributed by atoms with E-state index in [1.165, 1.54) is 13.0 Å². The Morgan fingerprint density at radius 1 is 1.32 bits per heavy atom. The molecule has 0 radical (unpaired) electrons. The number of hydrogen-bond acceptors (Lipinski definition) is 6. The molecule has 0 unspecified atom stereocenters. The van der Waals surface area contributed by atoms with Crippen LogP contribution < -0.4 is 5.32 Å². The Kier molecular flexibility index (Phi) is 6.66. The molecule has 2 atom stereocenters. The summed E-state index contributed by atoms with van der Waals surface area (Å²) < 4.78 is 27.8. The summed E-state index contributed by atoms with van der Waals surface area (Å²) in [6, 6.07) is 7.24. The highest BCUT2D eigenvalue weighted by Gasteiger charge is 2.30. The van der Waals surface area contributed by atoms with Gasteiger partial charge in [-0.3, -0.25) is 4.79 Å². The quantitative estimate of drug-likeness (QED) is 0.456. The van der Waals surface area contributed by atoms with Crippen LogP contribution in [0.5, 0.6) is 0 Å². The Morgan fingerprint density at radius 2 is 2.00 bits per heavy atom. The minimum Gasteiger partial charge on any atom is -0.449 e. The fourth-order valence-corrected chi connectivity index (χ4v) is 4.46. The summed E-state index contributed by atoms with van der Waals surface area (Å²) in [5, 5.41) is 2.60. The third-order valence-electron chi connectivity index (χ3n) is 3.77. The number of nitrogens with one attached hydrogen (secondary N) is 1. The fraction of sp³-hybridized carbons (Fsp3) is 0.412. The first-order valence-electron chi connectivity index (χ1n) is 7.82. The molecule has 1 amide bonds. The Morgan fingerprint density at radius 3 is 2.56 bits per heavy atom. The van der Waals surface area contributed by atoms with Gasteiger partial charge in [-0.25, -0.2) is 13.2 Å². The summed E-state index contributed by atoms with van der Waals surface area (Å²) in [4.78, 5) is 24.9. The van der Waals surface area contributed by atoms with Crippen LogP contribution in [0.2, 0.25) is 0 Å². The van der Waals surface area contributed by atoms with Crippen LogP contribution in [0.25, 0.3) is 6.08 Å². The number of benzene rings is 1. The van der Waals surface area contributed by atoms with Gasteiger partial charge in [0.1, 0.15) is 0 Å². The summed E-state index contributed by atoms with van der Waals surface area (Å²) in [6.45, 7) is 1.46. The molecular weight excluding hydrogens is 362 g/mol. The Balaban J connectivity index is 1.82. The van der Waals surface area contributed by atoms with Gasteiger partial charge in [0.2, 0.25) is 0 Å². The van der Waals surface area contributed by atoms with E-state index < -0.39 is 33.9 Å². The van der Waals surface area contributed by atoms with Crippen molar-refractivity contribution in [3.63, 3.8) is 0 Å². The predicted octanol–water partition coefficient (Wildman–Crippen LogP) is 1.66. The van der Waals surface area contributed by atoms with E-state index in [-0.39, 0.29) is 11.5 Å². The topological polar surface area (TPSA) is 89.5 Å². The highest BCUT2D eigenvalue weighted by atomic mass is 32.2. The highest BCUT2D eigenvalue weighted by Crippen LogP contribution is 2.15. The second-order valence-electron chi connectivity index (χ2n) is 5.79. The van der Waals surface area contributed by atoms with Crippen molar-refractivity contribution in [3.05, 3.63) is 35.9 Å². The lowest BCUT2D eigenvalue weighted by molar-refractivity contribution is -0.150. The van der Waals surface area contributed by atoms with Gasteiger partial charge in [0.05, 0.1) is 11.5 Å². The summed E-state index contributed by atoms with van der Waals surface area (Å²) in [5.41, 5.74) is 0.850. The molecule has 2 rings (SSSR count). The van der Waals surface area contributed by atoms with Crippen LogP contribution in [-0.2, 0) is 24.2 Å². The number of thioether (sulfide) groups is 1. The van der Waals surface area contributed by atoms with Gasteiger partial charge < -0.3 is 10.1 Å². The van der Waals surface area contributed by atoms with Crippen molar-refractivity contribution in [3.8, 4) is 0 Å². The predicted molar refractivity (Wildman–Crippen MR) is 98.0 cm³/mol. The standard InChI is InChI=1S/C17H21NO5S2/c1-12(17(20)18-14-9-10-25(21,22)11-14)23-16(19)8-5-13-3-6-15(24-2)7-4-13/h3-8,12,14H,9-11H2,1-2H3,(H,18,20)/b8-5+/t12-,14+/m0/s1. The monoisotopic (exact) mass is 383 g/mol. The number of hydrogen-bond donors (Lipinski definition) is 1. The number of carbonyl (C=O) groups is 2. The van der Waals surface area contributed by atoms with Gasteiger partial charge in [-0.2, -0.15) is 0 Å². The highest BCUT2D eigenvalue weighted by molar-refractivity contribution is 7.98. The van der Waals surface area contributed by atoms with E-state index in [0.29, 0.717) is 6.42 Å². The molecule has 1 aromatic carbocycles. The first kappa shape index (κ1) is 19.5. The Bertz CT molecular complexity index is 756. The lowest BCUT2D eigenvalue weighted by Crippen LogP contribution is -2.42. The molecule has 0 spiro atoms. The van der Waals surface area contributed by atoms with Gasteiger partial charge in [-0.1, -0.05) is 12.1 Å². The van der Waals surface area contributed by atoms with Gasteiger partial charge in [0, 0.05) is 17.0 Å². The third-order valence-corrected chi connectivity index (χ3v) is 6.28. The van der Waals surface area contributed by atoms with E-state index in [9.17, 15) is 18.0 Å². The van der Waals surface area contributed by atoms with Crippen molar-refractivity contribution in [2.75, 3.05) is 17.8 Å². The van der Waals surface area contributed by atoms with Crippen LogP contribution in [-0.4, -0.2) is 50.2 Å². The molecule has 136 valence electrons. The average Bonchev–Trinajstić information content (AvgIpc) is 2.91. The van der Waals surface area contributed by atoms with Gasteiger partial charge in [-0.15, -0.1) is 11.8 Å². The van der Waals surface area contributed by atoms with Crippen LogP contribution in [0.3, 0.4) is 0 Å². The molecule has 25 heavy (non-hydrogen) atoms.